The highest BCUT2D eigenvalue weighted by Gasteiger charge is 2.21. The summed E-state index contributed by atoms with van der Waals surface area (Å²) in [4.78, 5) is 3.11. The molecular weight excluding hydrogens is 310 g/mol. The van der Waals surface area contributed by atoms with Crippen molar-refractivity contribution in [1.82, 2.24) is 9.71 Å². The van der Waals surface area contributed by atoms with Gasteiger partial charge in [0.25, 0.3) is 0 Å². The van der Waals surface area contributed by atoms with Crippen LogP contribution >= 0.6 is 0 Å². The maximum absolute atomic E-state index is 12.4. The molecule has 2 atom stereocenters. The van der Waals surface area contributed by atoms with Crippen LogP contribution in [0, 0.1) is 0 Å². The normalized spacial score (nSPS) is 15.1. The SMILES string of the molecule is CC(CCS(C)=O)NS(=O)(=O)c1c[nH]c2cc(N)ccc12. The van der Waals surface area contributed by atoms with E-state index in [2.05, 4.69) is 9.71 Å². The molecule has 0 radical (unpaired) electrons. The van der Waals surface area contributed by atoms with Crippen LogP contribution in [0.3, 0.4) is 0 Å². The Hall–Kier alpha value is -1.38. The average molecular weight is 329 g/mol. The van der Waals surface area contributed by atoms with Crippen molar-refractivity contribution in [2.75, 3.05) is 17.7 Å². The lowest BCUT2D eigenvalue weighted by Crippen LogP contribution is -2.33. The lowest BCUT2D eigenvalue weighted by molar-refractivity contribution is 0.556. The number of benzene rings is 1. The molecule has 1 heterocycles. The van der Waals surface area contributed by atoms with Crippen LogP contribution in [0.2, 0.25) is 0 Å². The smallest absolute Gasteiger partial charge is 0.242 e. The van der Waals surface area contributed by atoms with Gasteiger partial charge in [0.05, 0.1) is 0 Å². The van der Waals surface area contributed by atoms with Gasteiger partial charge in [-0.05, 0) is 31.5 Å². The molecule has 0 aliphatic rings. The van der Waals surface area contributed by atoms with Gasteiger partial charge in [-0.2, -0.15) is 0 Å². The van der Waals surface area contributed by atoms with E-state index in [1.54, 1.807) is 31.4 Å². The molecule has 4 N–H and O–H groups in total. The average Bonchev–Trinajstić information content (AvgIpc) is 2.79. The Morgan fingerprint density at radius 1 is 1.43 bits per heavy atom. The summed E-state index contributed by atoms with van der Waals surface area (Å²) in [6, 6.07) is 4.76. The number of anilines is 1. The summed E-state index contributed by atoms with van der Waals surface area (Å²) < 4.78 is 38.5. The number of H-pyrrole nitrogens is 1. The molecule has 8 heteroatoms. The number of fused-ring (bicyclic) bond motifs is 1. The molecule has 1 aromatic heterocycles. The first kappa shape index (κ1) is 16.0. The Morgan fingerprint density at radius 2 is 2.14 bits per heavy atom. The minimum atomic E-state index is -3.62. The van der Waals surface area contributed by atoms with Crippen LogP contribution in [-0.2, 0) is 20.8 Å². The quantitative estimate of drug-likeness (QED) is 0.692. The van der Waals surface area contributed by atoms with Gasteiger partial charge in [0, 0.05) is 51.6 Å². The van der Waals surface area contributed by atoms with Crippen LogP contribution in [0.1, 0.15) is 13.3 Å². The molecule has 116 valence electrons. The summed E-state index contributed by atoms with van der Waals surface area (Å²) >= 11 is 0. The summed E-state index contributed by atoms with van der Waals surface area (Å²) in [6.07, 6.45) is 3.58. The summed E-state index contributed by atoms with van der Waals surface area (Å²) in [7, 11) is -4.56. The Bertz CT molecular complexity index is 768. The van der Waals surface area contributed by atoms with Crippen LogP contribution in [0.15, 0.2) is 29.3 Å². The molecule has 2 aromatic rings. The minimum absolute atomic E-state index is 0.196. The van der Waals surface area contributed by atoms with Crippen LogP contribution < -0.4 is 10.5 Å². The summed E-state index contributed by atoms with van der Waals surface area (Å²) in [6.45, 7) is 1.76. The molecule has 0 aliphatic heterocycles. The van der Waals surface area contributed by atoms with E-state index < -0.39 is 20.8 Å². The zero-order valence-electron chi connectivity index (χ0n) is 11.9. The molecule has 0 aliphatic carbocycles. The Balaban J connectivity index is 2.23. The number of hydrogen-bond donors (Lipinski definition) is 3. The van der Waals surface area contributed by atoms with Gasteiger partial charge in [0.2, 0.25) is 10.0 Å². The molecule has 0 saturated carbocycles. The number of hydrogen-bond acceptors (Lipinski definition) is 4. The Labute approximate surface area is 126 Å². The van der Waals surface area contributed by atoms with Gasteiger partial charge in [-0.1, -0.05) is 0 Å². The van der Waals surface area contributed by atoms with Gasteiger partial charge in [0.15, 0.2) is 0 Å². The molecule has 0 fully saturated rings. The predicted molar refractivity (Wildman–Crippen MR) is 86.0 cm³/mol. The molecule has 1 aromatic carbocycles. The number of aromatic nitrogens is 1. The zero-order valence-corrected chi connectivity index (χ0v) is 13.6. The van der Waals surface area contributed by atoms with Gasteiger partial charge >= 0.3 is 0 Å². The zero-order chi connectivity index (χ0) is 15.6. The molecule has 0 saturated heterocycles. The van der Waals surface area contributed by atoms with E-state index in [0.29, 0.717) is 28.8 Å². The van der Waals surface area contributed by atoms with Crippen molar-refractivity contribution in [3.05, 3.63) is 24.4 Å². The third kappa shape index (κ3) is 3.84. The van der Waals surface area contributed by atoms with E-state index in [4.69, 9.17) is 5.73 Å². The largest absolute Gasteiger partial charge is 0.399 e. The van der Waals surface area contributed by atoms with Crippen molar-refractivity contribution in [1.29, 1.82) is 0 Å². The standard InChI is InChI=1S/C13H19N3O3S2/c1-9(5-6-20(2)17)16-21(18,19)13-8-15-12-7-10(14)3-4-11(12)13/h3-4,7-9,15-16H,5-6,14H2,1-2H3. The van der Waals surface area contributed by atoms with Gasteiger partial charge in [0.1, 0.15) is 4.90 Å². The van der Waals surface area contributed by atoms with Gasteiger partial charge in [-0.3, -0.25) is 4.21 Å². The molecular formula is C13H19N3O3S2. The highest BCUT2D eigenvalue weighted by molar-refractivity contribution is 7.89. The number of rotatable bonds is 6. The Kier molecular flexibility index (Phi) is 4.70. The molecule has 21 heavy (non-hydrogen) atoms. The fourth-order valence-electron chi connectivity index (χ4n) is 2.07. The van der Waals surface area contributed by atoms with Gasteiger partial charge in [-0.15, -0.1) is 0 Å². The van der Waals surface area contributed by atoms with Crippen LogP contribution in [0.5, 0.6) is 0 Å². The highest BCUT2D eigenvalue weighted by atomic mass is 32.2. The van der Waals surface area contributed by atoms with Crippen molar-refractivity contribution < 1.29 is 12.6 Å². The highest BCUT2D eigenvalue weighted by Crippen LogP contribution is 2.24. The van der Waals surface area contributed by atoms with Crippen LogP contribution in [-0.4, -0.2) is 35.7 Å². The van der Waals surface area contributed by atoms with E-state index >= 15 is 0 Å². The van der Waals surface area contributed by atoms with Crippen molar-refractivity contribution in [3.8, 4) is 0 Å². The van der Waals surface area contributed by atoms with E-state index in [1.807, 2.05) is 0 Å². The van der Waals surface area contributed by atoms with Crippen molar-refractivity contribution in [2.45, 2.75) is 24.3 Å². The molecule has 6 nitrogen and oxygen atoms in total. The van der Waals surface area contributed by atoms with Crippen LogP contribution in [0.25, 0.3) is 10.9 Å². The molecule has 2 rings (SSSR count). The van der Waals surface area contributed by atoms with E-state index in [9.17, 15) is 12.6 Å². The molecule has 0 amide bonds. The first-order chi connectivity index (χ1) is 9.79. The second-order valence-electron chi connectivity index (χ2n) is 5.05. The number of sulfonamides is 1. The predicted octanol–water partition coefficient (Wildman–Crippen LogP) is 1.19. The van der Waals surface area contributed by atoms with E-state index in [1.165, 1.54) is 6.20 Å². The molecule has 2 unspecified atom stereocenters. The third-order valence-corrected chi connectivity index (χ3v) is 5.59. The number of nitrogen functional groups attached to an aromatic ring is 1. The fourth-order valence-corrected chi connectivity index (χ4v) is 4.21. The fraction of sp³-hybridized carbons (Fsp3) is 0.385. The second-order valence-corrected chi connectivity index (χ2v) is 8.28. The maximum Gasteiger partial charge on any atom is 0.242 e. The number of aromatic amines is 1. The van der Waals surface area contributed by atoms with Crippen LogP contribution in [0.4, 0.5) is 5.69 Å². The van der Waals surface area contributed by atoms with Crippen molar-refractivity contribution in [3.63, 3.8) is 0 Å². The third-order valence-electron chi connectivity index (χ3n) is 3.15. The first-order valence-corrected chi connectivity index (χ1v) is 9.69. The summed E-state index contributed by atoms with van der Waals surface area (Å²) in [5.41, 5.74) is 6.92. The summed E-state index contributed by atoms with van der Waals surface area (Å²) in [5.74, 6) is 0.466. The van der Waals surface area contributed by atoms with Crippen molar-refractivity contribution >= 4 is 37.4 Å². The second kappa shape index (κ2) is 6.17. The number of nitrogens with two attached hydrogens (primary N) is 1. The van der Waals surface area contributed by atoms with E-state index in [-0.39, 0.29) is 10.9 Å². The van der Waals surface area contributed by atoms with Crippen molar-refractivity contribution in [2.24, 2.45) is 0 Å². The monoisotopic (exact) mass is 329 g/mol. The van der Waals surface area contributed by atoms with Gasteiger partial charge < -0.3 is 10.7 Å². The summed E-state index contributed by atoms with van der Waals surface area (Å²) in [5, 5.41) is 0.600. The lowest BCUT2D eigenvalue weighted by Gasteiger charge is -2.13. The number of nitrogens with one attached hydrogen (secondary N) is 2. The minimum Gasteiger partial charge on any atom is -0.399 e. The molecule has 0 spiro atoms. The first-order valence-electron chi connectivity index (χ1n) is 6.48. The molecule has 0 bridgehead atoms. The Morgan fingerprint density at radius 3 is 2.81 bits per heavy atom. The lowest BCUT2D eigenvalue weighted by atomic mass is 10.2. The topological polar surface area (TPSA) is 105 Å². The van der Waals surface area contributed by atoms with E-state index in [0.717, 1.165) is 0 Å². The maximum atomic E-state index is 12.4. The van der Waals surface area contributed by atoms with Gasteiger partial charge in [-0.25, -0.2) is 13.1 Å².